The van der Waals surface area contributed by atoms with Crippen molar-refractivity contribution in [2.75, 3.05) is 26.8 Å². The zero-order chi connectivity index (χ0) is 34.4. The van der Waals surface area contributed by atoms with Crippen LogP contribution in [0.3, 0.4) is 0 Å². The molecular formula is C35H46FN3O7S. The van der Waals surface area contributed by atoms with Crippen LogP contribution in [0.1, 0.15) is 61.6 Å². The quantitative estimate of drug-likeness (QED) is 0.166. The van der Waals surface area contributed by atoms with E-state index in [1.807, 2.05) is 67.6 Å². The van der Waals surface area contributed by atoms with Crippen LogP contribution in [0.15, 0.2) is 89.8 Å². The average molecular weight is 672 g/mol. The van der Waals surface area contributed by atoms with Crippen molar-refractivity contribution in [2.24, 2.45) is 5.73 Å². The average Bonchev–Trinajstić information content (AvgIpc) is 3.10. The van der Waals surface area contributed by atoms with Gasteiger partial charge in [0.25, 0.3) is 0 Å². The SMILES string of the molecule is CCCCCN([C@H](CO)CCC(F)CN(C(=O)OC)C(=O)[C@@H](N)C(c1ccccc1)c1ccccc1)S(=O)(=O)c1ccc(CO)cc1. The first-order valence-corrected chi connectivity index (χ1v) is 17.2. The summed E-state index contributed by atoms with van der Waals surface area (Å²) in [6.45, 7) is 0.618. The molecule has 47 heavy (non-hydrogen) atoms. The number of benzene rings is 3. The number of nitrogens with zero attached hydrogens (tertiary/aromatic N) is 2. The van der Waals surface area contributed by atoms with Gasteiger partial charge in [0.15, 0.2) is 0 Å². The Bertz CT molecular complexity index is 1460. The molecule has 0 saturated carbocycles. The molecule has 0 radical (unpaired) electrons. The fourth-order valence-electron chi connectivity index (χ4n) is 5.52. The summed E-state index contributed by atoms with van der Waals surface area (Å²) in [4.78, 5) is 27.2. The highest BCUT2D eigenvalue weighted by Gasteiger charge is 2.36. The molecule has 0 spiro atoms. The van der Waals surface area contributed by atoms with Gasteiger partial charge in [0.05, 0.1) is 37.8 Å². The number of unbranched alkanes of at least 4 members (excludes halogenated alkanes) is 2. The van der Waals surface area contributed by atoms with E-state index in [4.69, 9.17) is 10.5 Å². The van der Waals surface area contributed by atoms with Gasteiger partial charge in [0.2, 0.25) is 15.9 Å². The summed E-state index contributed by atoms with van der Waals surface area (Å²) in [6.07, 6.45) is -1.05. The van der Waals surface area contributed by atoms with Gasteiger partial charge in [0, 0.05) is 18.5 Å². The van der Waals surface area contributed by atoms with E-state index in [-0.39, 0.29) is 30.9 Å². The lowest BCUT2D eigenvalue weighted by Crippen LogP contribution is -2.51. The minimum Gasteiger partial charge on any atom is -0.452 e. The van der Waals surface area contributed by atoms with Crippen LogP contribution >= 0.6 is 0 Å². The number of aliphatic hydroxyl groups is 2. The fourth-order valence-corrected chi connectivity index (χ4v) is 7.21. The van der Waals surface area contributed by atoms with E-state index in [0.29, 0.717) is 16.9 Å². The van der Waals surface area contributed by atoms with Crippen molar-refractivity contribution >= 4 is 22.0 Å². The number of carbonyl (C=O) groups excluding carboxylic acids is 2. The lowest BCUT2D eigenvalue weighted by molar-refractivity contribution is -0.131. The summed E-state index contributed by atoms with van der Waals surface area (Å²) in [5, 5.41) is 19.6. The first kappa shape index (κ1) is 37.8. The Morgan fingerprint density at radius 1 is 0.894 bits per heavy atom. The number of imide groups is 1. The van der Waals surface area contributed by atoms with Crippen LogP contribution in [0.4, 0.5) is 9.18 Å². The van der Waals surface area contributed by atoms with Gasteiger partial charge in [0.1, 0.15) is 6.17 Å². The molecule has 3 aromatic carbocycles. The minimum atomic E-state index is -4.08. The van der Waals surface area contributed by atoms with Gasteiger partial charge in [-0.25, -0.2) is 22.5 Å². The molecule has 3 atom stereocenters. The predicted octanol–water partition coefficient (Wildman–Crippen LogP) is 4.59. The van der Waals surface area contributed by atoms with Gasteiger partial charge in [-0.05, 0) is 48.1 Å². The number of amides is 2. The number of aliphatic hydroxyl groups excluding tert-OH is 2. The van der Waals surface area contributed by atoms with Gasteiger partial charge in [-0.3, -0.25) is 4.79 Å². The molecule has 0 aliphatic carbocycles. The number of alkyl halides is 1. The first-order valence-electron chi connectivity index (χ1n) is 15.8. The van der Waals surface area contributed by atoms with Crippen LogP contribution in [-0.4, -0.2) is 84.9 Å². The maximum absolute atomic E-state index is 15.7. The van der Waals surface area contributed by atoms with Crippen LogP contribution in [0.2, 0.25) is 0 Å². The third kappa shape index (κ3) is 10.2. The molecule has 4 N–H and O–H groups in total. The van der Waals surface area contributed by atoms with Crippen molar-refractivity contribution in [3.05, 3.63) is 102 Å². The number of methoxy groups -OCH3 is 1. The Morgan fingerprint density at radius 2 is 1.47 bits per heavy atom. The van der Waals surface area contributed by atoms with E-state index in [9.17, 15) is 28.2 Å². The van der Waals surface area contributed by atoms with Crippen molar-refractivity contribution in [1.82, 2.24) is 9.21 Å². The van der Waals surface area contributed by atoms with Crippen LogP contribution in [0.5, 0.6) is 0 Å². The van der Waals surface area contributed by atoms with E-state index in [1.54, 1.807) is 0 Å². The van der Waals surface area contributed by atoms with Crippen LogP contribution < -0.4 is 5.73 Å². The Hall–Kier alpha value is -3.68. The van der Waals surface area contributed by atoms with E-state index in [0.717, 1.165) is 31.1 Å². The van der Waals surface area contributed by atoms with E-state index in [2.05, 4.69) is 0 Å². The number of hydrogen-bond donors (Lipinski definition) is 3. The molecule has 0 aromatic heterocycles. The third-order valence-electron chi connectivity index (χ3n) is 8.13. The van der Waals surface area contributed by atoms with Crippen LogP contribution in [0.25, 0.3) is 0 Å². The zero-order valence-corrected chi connectivity index (χ0v) is 27.8. The summed E-state index contributed by atoms with van der Waals surface area (Å²) in [5.41, 5.74) is 8.54. The summed E-state index contributed by atoms with van der Waals surface area (Å²) >= 11 is 0. The lowest BCUT2D eigenvalue weighted by atomic mass is 9.85. The highest BCUT2D eigenvalue weighted by molar-refractivity contribution is 7.89. The highest BCUT2D eigenvalue weighted by atomic mass is 32.2. The molecule has 0 bridgehead atoms. The van der Waals surface area contributed by atoms with E-state index < -0.39 is 59.3 Å². The number of halogens is 1. The molecule has 0 fully saturated rings. The number of carbonyl (C=O) groups is 2. The molecule has 12 heteroatoms. The number of nitrogens with two attached hydrogens (primary N) is 1. The summed E-state index contributed by atoms with van der Waals surface area (Å²) in [7, 11) is -2.99. The van der Waals surface area contributed by atoms with Crippen molar-refractivity contribution < 1.29 is 37.3 Å². The molecule has 0 aliphatic heterocycles. The summed E-state index contributed by atoms with van der Waals surface area (Å²) in [5.74, 6) is -1.46. The second-order valence-electron chi connectivity index (χ2n) is 11.4. The van der Waals surface area contributed by atoms with E-state index >= 15 is 4.39 Å². The van der Waals surface area contributed by atoms with Gasteiger partial charge in [-0.15, -0.1) is 0 Å². The van der Waals surface area contributed by atoms with Crippen molar-refractivity contribution in [3.8, 4) is 0 Å². The minimum absolute atomic E-state index is 0.00992. The molecule has 10 nitrogen and oxygen atoms in total. The number of ether oxygens (including phenoxy) is 1. The van der Waals surface area contributed by atoms with E-state index in [1.165, 1.54) is 28.6 Å². The monoisotopic (exact) mass is 671 g/mol. The normalized spacial score (nSPS) is 13.7. The Morgan fingerprint density at radius 3 is 1.96 bits per heavy atom. The third-order valence-corrected chi connectivity index (χ3v) is 10.1. The van der Waals surface area contributed by atoms with Gasteiger partial charge < -0.3 is 20.7 Å². The lowest BCUT2D eigenvalue weighted by Gasteiger charge is -2.31. The van der Waals surface area contributed by atoms with Crippen LogP contribution in [-0.2, 0) is 26.2 Å². The highest BCUT2D eigenvalue weighted by Crippen LogP contribution is 2.29. The molecule has 2 amide bonds. The fraction of sp³-hybridized carbons (Fsp3) is 0.429. The molecule has 3 aromatic rings. The maximum atomic E-state index is 15.7. The Balaban J connectivity index is 1.80. The summed E-state index contributed by atoms with van der Waals surface area (Å²) in [6, 6.07) is 21.8. The Kier molecular flexibility index (Phi) is 15.0. The smallest absolute Gasteiger partial charge is 0.416 e. The largest absolute Gasteiger partial charge is 0.452 e. The van der Waals surface area contributed by atoms with Crippen molar-refractivity contribution in [1.29, 1.82) is 0 Å². The molecule has 0 aliphatic rings. The predicted molar refractivity (Wildman–Crippen MR) is 178 cm³/mol. The number of hydrogen-bond acceptors (Lipinski definition) is 8. The standard InChI is InChI=1S/C35H46FN3O7S/c1-3-4-11-22-39(47(44,45)31-20-16-26(24-40)17-21-31)30(25-41)19-18-29(36)23-38(35(43)46-2)34(42)33(37)32(27-12-7-5-8-13-27)28-14-9-6-10-15-28/h5-10,12-17,20-21,29-30,32-33,40-41H,3-4,11,18-19,22-25,37H2,1-2H3/t29?,30-,33-/m0/s1. The zero-order valence-electron chi connectivity index (χ0n) is 26.9. The number of rotatable bonds is 18. The number of sulfonamides is 1. The summed E-state index contributed by atoms with van der Waals surface area (Å²) < 4.78 is 49.0. The molecule has 256 valence electrons. The van der Waals surface area contributed by atoms with Crippen LogP contribution in [0, 0.1) is 0 Å². The van der Waals surface area contributed by atoms with Crippen molar-refractivity contribution in [2.45, 2.75) is 74.7 Å². The molecule has 3 rings (SSSR count). The molecular weight excluding hydrogens is 625 g/mol. The molecule has 1 unspecified atom stereocenters. The first-order chi connectivity index (χ1) is 22.6. The second kappa shape index (κ2) is 18.6. The van der Waals surface area contributed by atoms with Gasteiger partial charge in [-0.1, -0.05) is 92.6 Å². The molecule has 0 heterocycles. The van der Waals surface area contributed by atoms with Gasteiger partial charge in [-0.2, -0.15) is 4.31 Å². The topological polar surface area (TPSA) is 150 Å². The van der Waals surface area contributed by atoms with Crippen molar-refractivity contribution in [3.63, 3.8) is 0 Å². The maximum Gasteiger partial charge on any atom is 0.416 e. The molecule has 0 saturated heterocycles. The second-order valence-corrected chi connectivity index (χ2v) is 13.3. The van der Waals surface area contributed by atoms with Gasteiger partial charge >= 0.3 is 6.09 Å². The Labute approximate surface area is 277 Å².